The van der Waals surface area contributed by atoms with Gasteiger partial charge in [-0.15, -0.1) is 0 Å². The predicted molar refractivity (Wildman–Crippen MR) is 144 cm³/mol. The molecule has 40 heavy (non-hydrogen) atoms. The minimum Gasteiger partial charge on any atom is -0.367 e. The summed E-state index contributed by atoms with van der Waals surface area (Å²) in [5.74, 6) is -3.15. The second-order valence-corrected chi connectivity index (χ2v) is 9.75. The van der Waals surface area contributed by atoms with Crippen LogP contribution in [0.5, 0.6) is 0 Å². The smallest absolute Gasteiger partial charge is 0.264 e. The second kappa shape index (κ2) is 11.5. The van der Waals surface area contributed by atoms with Crippen molar-refractivity contribution in [3.8, 4) is 11.1 Å². The standard InChI is InChI=1S/C28H29F4N5O3/c1-15-13-37(8-7-35(15)3)24-12-22(30)18(16-5-6-17(21(29)9-16)27(39)33-2)10-23(24)34-28(40)20-14-36(4)25(38)11-19(20)26(31)32/h5-6,9-12,14-15,26H,7-8,13H2,1-4H3,(H,33,39)(H,34,40). The number of likely N-dealkylation sites (N-methyl/N-ethyl adjacent to an activating group) is 1. The van der Waals surface area contributed by atoms with Crippen molar-refractivity contribution < 1.29 is 27.2 Å². The maximum absolute atomic E-state index is 15.5. The normalized spacial score (nSPS) is 15.8. The van der Waals surface area contributed by atoms with E-state index in [0.717, 1.165) is 16.8 Å². The number of aromatic nitrogens is 1. The summed E-state index contributed by atoms with van der Waals surface area (Å²) in [6, 6.07) is 6.92. The largest absolute Gasteiger partial charge is 0.367 e. The van der Waals surface area contributed by atoms with Gasteiger partial charge < -0.3 is 25.0 Å². The lowest BCUT2D eigenvalue weighted by Gasteiger charge is -2.39. The summed E-state index contributed by atoms with van der Waals surface area (Å²) in [4.78, 5) is 41.1. The average molecular weight is 560 g/mol. The Labute approximate surface area is 228 Å². The number of alkyl halides is 2. The van der Waals surface area contributed by atoms with Gasteiger partial charge in [-0.25, -0.2) is 17.6 Å². The number of pyridine rings is 1. The Kier molecular flexibility index (Phi) is 8.29. The van der Waals surface area contributed by atoms with Crippen molar-refractivity contribution >= 4 is 23.2 Å². The number of rotatable bonds is 6. The third-order valence-corrected chi connectivity index (χ3v) is 7.13. The Balaban J connectivity index is 1.82. The Morgan fingerprint density at radius 2 is 1.70 bits per heavy atom. The first kappa shape index (κ1) is 28.8. The summed E-state index contributed by atoms with van der Waals surface area (Å²) in [5.41, 5.74) is -1.61. The van der Waals surface area contributed by atoms with Crippen LogP contribution in [0.1, 0.15) is 39.6 Å². The molecule has 0 aliphatic carbocycles. The molecule has 4 rings (SSSR count). The van der Waals surface area contributed by atoms with E-state index in [4.69, 9.17) is 0 Å². The van der Waals surface area contributed by atoms with Crippen LogP contribution in [0.25, 0.3) is 11.1 Å². The van der Waals surface area contributed by atoms with E-state index in [1.807, 2.05) is 18.9 Å². The zero-order chi connectivity index (χ0) is 29.3. The fourth-order valence-electron chi connectivity index (χ4n) is 4.62. The molecule has 12 heteroatoms. The van der Waals surface area contributed by atoms with E-state index < -0.39 is 46.6 Å². The maximum atomic E-state index is 15.5. The summed E-state index contributed by atoms with van der Waals surface area (Å²) >= 11 is 0. The van der Waals surface area contributed by atoms with E-state index in [0.29, 0.717) is 31.4 Å². The zero-order valence-electron chi connectivity index (χ0n) is 22.4. The molecular formula is C28H29F4N5O3. The van der Waals surface area contributed by atoms with Crippen molar-refractivity contribution in [3.05, 3.63) is 81.3 Å². The second-order valence-electron chi connectivity index (χ2n) is 9.75. The number of aryl methyl sites for hydroxylation is 1. The highest BCUT2D eigenvalue weighted by Gasteiger charge is 2.27. The molecule has 3 aromatic rings. The van der Waals surface area contributed by atoms with Crippen LogP contribution in [0, 0.1) is 11.6 Å². The van der Waals surface area contributed by atoms with Crippen LogP contribution in [0.2, 0.25) is 0 Å². The average Bonchev–Trinajstić information content (AvgIpc) is 2.91. The first-order valence-corrected chi connectivity index (χ1v) is 12.5. The van der Waals surface area contributed by atoms with Gasteiger partial charge in [0, 0.05) is 63.2 Å². The molecular weight excluding hydrogens is 530 g/mol. The van der Waals surface area contributed by atoms with Crippen molar-refractivity contribution in [2.75, 3.05) is 43.9 Å². The Bertz CT molecular complexity index is 1520. The van der Waals surface area contributed by atoms with Gasteiger partial charge in [-0.3, -0.25) is 14.4 Å². The highest BCUT2D eigenvalue weighted by Crippen LogP contribution is 2.36. The number of carbonyl (C=O) groups is 2. The molecule has 2 heterocycles. The van der Waals surface area contributed by atoms with Crippen LogP contribution in [0.4, 0.5) is 28.9 Å². The topological polar surface area (TPSA) is 86.7 Å². The van der Waals surface area contributed by atoms with Gasteiger partial charge in [0.1, 0.15) is 11.6 Å². The van der Waals surface area contributed by atoms with Gasteiger partial charge in [0.25, 0.3) is 23.8 Å². The molecule has 8 nitrogen and oxygen atoms in total. The van der Waals surface area contributed by atoms with Crippen molar-refractivity contribution in [2.24, 2.45) is 7.05 Å². The lowest BCUT2D eigenvalue weighted by atomic mass is 10.00. The molecule has 1 saturated heterocycles. The quantitative estimate of drug-likeness (QED) is 0.446. The minimum absolute atomic E-state index is 0.0712. The zero-order valence-corrected chi connectivity index (χ0v) is 22.4. The third kappa shape index (κ3) is 5.71. The van der Waals surface area contributed by atoms with Crippen LogP contribution in [-0.2, 0) is 7.05 Å². The number of nitrogens with zero attached hydrogens (tertiary/aromatic N) is 3. The maximum Gasteiger partial charge on any atom is 0.264 e. The van der Waals surface area contributed by atoms with E-state index in [1.54, 1.807) is 0 Å². The summed E-state index contributed by atoms with van der Waals surface area (Å²) in [6.07, 6.45) is -2.06. The molecule has 0 saturated carbocycles. The molecule has 0 radical (unpaired) electrons. The molecule has 212 valence electrons. The highest BCUT2D eigenvalue weighted by atomic mass is 19.3. The van der Waals surface area contributed by atoms with Crippen LogP contribution in [-0.4, -0.2) is 61.1 Å². The molecule has 1 aliphatic rings. The van der Waals surface area contributed by atoms with Gasteiger partial charge in [0.2, 0.25) is 0 Å². The molecule has 0 spiro atoms. The summed E-state index contributed by atoms with van der Waals surface area (Å²) in [7, 11) is 4.64. The Morgan fingerprint density at radius 3 is 2.33 bits per heavy atom. The highest BCUT2D eigenvalue weighted by molar-refractivity contribution is 6.07. The molecule has 1 unspecified atom stereocenters. The fraction of sp³-hybridized carbons (Fsp3) is 0.321. The van der Waals surface area contributed by atoms with Crippen LogP contribution >= 0.6 is 0 Å². The van der Waals surface area contributed by atoms with Gasteiger partial charge in [0.05, 0.1) is 22.5 Å². The van der Waals surface area contributed by atoms with Gasteiger partial charge in [-0.05, 0) is 43.8 Å². The molecule has 1 fully saturated rings. The van der Waals surface area contributed by atoms with Crippen molar-refractivity contribution in [3.63, 3.8) is 0 Å². The lowest BCUT2D eigenvalue weighted by molar-refractivity contribution is 0.0958. The van der Waals surface area contributed by atoms with Gasteiger partial charge in [0.15, 0.2) is 0 Å². The third-order valence-electron chi connectivity index (χ3n) is 7.13. The Morgan fingerprint density at radius 1 is 0.975 bits per heavy atom. The number of hydrogen-bond acceptors (Lipinski definition) is 5. The van der Waals surface area contributed by atoms with Crippen molar-refractivity contribution in [1.29, 1.82) is 0 Å². The van der Waals surface area contributed by atoms with Crippen molar-refractivity contribution in [2.45, 2.75) is 19.4 Å². The fourth-order valence-corrected chi connectivity index (χ4v) is 4.62. The first-order valence-electron chi connectivity index (χ1n) is 12.5. The number of amides is 2. The van der Waals surface area contributed by atoms with E-state index in [9.17, 15) is 27.6 Å². The number of halogens is 4. The number of hydrogen-bond donors (Lipinski definition) is 2. The number of piperazine rings is 1. The summed E-state index contributed by atoms with van der Waals surface area (Å²) in [6.45, 7) is 3.64. The number of carbonyl (C=O) groups excluding carboxylic acids is 2. The van der Waals surface area contributed by atoms with Gasteiger partial charge in [-0.1, -0.05) is 6.07 Å². The molecule has 2 N–H and O–H groups in total. The number of nitrogens with one attached hydrogen (secondary N) is 2. The van der Waals surface area contributed by atoms with E-state index in [2.05, 4.69) is 15.5 Å². The molecule has 2 aromatic carbocycles. The van der Waals surface area contributed by atoms with Gasteiger partial charge in [-0.2, -0.15) is 0 Å². The predicted octanol–water partition coefficient (Wildman–Crippen LogP) is 4.02. The van der Waals surface area contributed by atoms with Crippen LogP contribution in [0.15, 0.2) is 47.4 Å². The molecule has 1 atom stereocenters. The van der Waals surface area contributed by atoms with Crippen LogP contribution < -0.4 is 21.1 Å². The summed E-state index contributed by atoms with van der Waals surface area (Å²) < 4.78 is 58.7. The monoisotopic (exact) mass is 559 g/mol. The first-order chi connectivity index (χ1) is 18.9. The van der Waals surface area contributed by atoms with E-state index in [1.165, 1.54) is 38.4 Å². The Hall–Kier alpha value is -4.19. The molecule has 1 aromatic heterocycles. The summed E-state index contributed by atoms with van der Waals surface area (Å²) in [5, 5.41) is 4.94. The van der Waals surface area contributed by atoms with Crippen molar-refractivity contribution in [1.82, 2.24) is 14.8 Å². The molecule has 2 amide bonds. The SMILES string of the molecule is CNC(=O)c1ccc(-c2cc(NC(=O)c3cn(C)c(=O)cc3C(F)F)c(N3CCN(C)C(C)C3)cc2F)cc1F. The van der Waals surface area contributed by atoms with E-state index >= 15 is 4.39 Å². The molecule has 1 aliphatic heterocycles. The van der Waals surface area contributed by atoms with E-state index in [-0.39, 0.29) is 28.4 Å². The number of benzene rings is 2. The molecule has 0 bridgehead atoms. The number of anilines is 2. The lowest BCUT2D eigenvalue weighted by Crippen LogP contribution is -2.50. The van der Waals surface area contributed by atoms with Gasteiger partial charge >= 0.3 is 0 Å². The minimum atomic E-state index is -3.09. The van der Waals surface area contributed by atoms with Crippen LogP contribution in [0.3, 0.4) is 0 Å².